The number of ether oxygens (including phenoxy) is 1. The van der Waals surface area contributed by atoms with Crippen LogP contribution in [0.15, 0.2) is 71.2 Å². The minimum absolute atomic E-state index is 0.00789. The Hall–Kier alpha value is -2.62. The highest BCUT2D eigenvalue weighted by Gasteiger charge is 2.45. The Kier molecular flexibility index (Phi) is 7.98. The molecule has 2 heterocycles. The molecule has 0 bridgehead atoms. The lowest BCUT2D eigenvalue weighted by Crippen LogP contribution is -2.49. The molecule has 1 amide bonds. The average molecular weight is 590 g/mol. The predicted molar refractivity (Wildman–Crippen MR) is 145 cm³/mol. The Balaban J connectivity index is 1.41. The molecule has 202 valence electrons. The molecule has 0 spiro atoms. The molecule has 3 aliphatic rings. The van der Waals surface area contributed by atoms with Gasteiger partial charge in [0.2, 0.25) is 0 Å². The van der Waals surface area contributed by atoms with E-state index >= 15 is 0 Å². The van der Waals surface area contributed by atoms with Crippen LogP contribution in [-0.2, 0) is 10.9 Å². The molecule has 1 saturated heterocycles. The fourth-order valence-electron chi connectivity index (χ4n) is 5.85. The monoisotopic (exact) mass is 589 g/mol. The van der Waals surface area contributed by atoms with Gasteiger partial charge in [-0.1, -0.05) is 40.2 Å². The molecule has 1 aliphatic carbocycles. The van der Waals surface area contributed by atoms with Crippen LogP contribution >= 0.6 is 15.9 Å². The molecule has 38 heavy (non-hydrogen) atoms. The lowest BCUT2D eigenvalue weighted by Gasteiger charge is -2.48. The van der Waals surface area contributed by atoms with Crippen molar-refractivity contribution in [1.29, 1.82) is 0 Å². The number of rotatable bonds is 6. The normalized spacial score (nSPS) is 26.3. The van der Waals surface area contributed by atoms with E-state index in [0.29, 0.717) is 42.9 Å². The number of alkyl halides is 3. The zero-order valence-corrected chi connectivity index (χ0v) is 22.4. The van der Waals surface area contributed by atoms with Crippen LogP contribution in [0.3, 0.4) is 0 Å². The molecule has 0 saturated carbocycles. The first-order valence-corrected chi connectivity index (χ1v) is 13.8. The summed E-state index contributed by atoms with van der Waals surface area (Å²) in [6, 6.07) is 11.0. The summed E-state index contributed by atoms with van der Waals surface area (Å²) in [5, 5.41) is 3.55. The van der Waals surface area contributed by atoms with E-state index in [0.717, 1.165) is 23.4 Å². The van der Waals surface area contributed by atoms with Gasteiger partial charge in [-0.3, -0.25) is 4.79 Å². The number of carbonyl (C=O) groups is 1. The average Bonchev–Trinajstić information content (AvgIpc) is 2.92. The van der Waals surface area contributed by atoms with Gasteiger partial charge in [0.05, 0.1) is 17.8 Å². The van der Waals surface area contributed by atoms with Crippen molar-refractivity contribution in [2.75, 3.05) is 25.0 Å². The lowest BCUT2D eigenvalue weighted by atomic mass is 9.73. The summed E-state index contributed by atoms with van der Waals surface area (Å²) in [7, 11) is 0. The Morgan fingerprint density at radius 3 is 2.61 bits per heavy atom. The quantitative estimate of drug-likeness (QED) is 0.413. The summed E-state index contributed by atoms with van der Waals surface area (Å²) in [6.45, 7) is 0.987. The van der Waals surface area contributed by atoms with Crippen molar-refractivity contribution in [3.05, 3.63) is 87.9 Å². The van der Waals surface area contributed by atoms with Crippen molar-refractivity contribution >= 4 is 27.5 Å². The van der Waals surface area contributed by atoms with Crippen LogP contribution in [0, 0.1) is 11.8 Å². The molecule has 2 aromatic rings. The summed E-state index contributed by atoms with van der Waals surface area (Å²) >= 11 is 3.39. The zero-order valence-electron chi connectivity index (χ0n) is 20.8. The number of fused-ring (bicyclic) bond motifs is 3. The molecule has 5 rings (SSSR count). The number of amides is 1. The minimum atomic E-state index is -4.44. The first kappa shape index (κ1) is 27.0. The second-order valence-electron chi connectivity index (χ2n) is 10.1. The fraction of sp³-hybridized carbons (Fsp3) is 0.414. The number of allylic oxidation sites excluding steroid dienone is 3. The maximum Gasteiger partial charge on any atom is 0.416 e. The Morgan fingerprint density at radius 1 is 1.13 bits per heavy atom. The number of carbonyl (C=O) groups excluding carboxylic acids is 1. The fourth-order valence-corrected chi connectivity index (χ4v) is 6.11. The van der Waals surface area contributed by atoms with Crippen molar-refractivity contribution in [2.24, 2.45) is 17.6 Å². The maximum absolute atomic E-state index is 13.6. The van der Waals surface area contributed by atoms with Crippen LogP contribution < -0.4 is 11.1 Å². The van der Waals surface area contributed by atoms with E-state index in [2.05, 4.69) is 33.4 Å². The van der Waals surface area contributed by atoms with Gasteiger partial charge in [-0.25, -0.2) is 0 Å². The number of anilines is 1. The third-order valence-electron chi connectivity index (χ3n) is 7.70. The van der Waals surface area contributed by atoms with E-state index in [-0.39, 0.29) is 29.9 Å². The van der Waals surface area contributed by atoms with Gasteiger partial charge in [0.15, 0.2) is 0 Å². The van der Waals surface area contributed by atoms with Gasteiger partial charge in [-0.2, -0.15) is 13.2 Å². The molecule has 2 aliphatic heterocycles. The van der Waals surface area contributed by atoms with Gasteiger partial charge >= 0.3 is 6.18 Å². The van der Waals surface area contributed by atoms with E-state index in [4.69, 9.17) is 10.5 Å². The topological polar surface area (TPSA) is 67.6 Å². The number of nitrogens with one attached hydrogen (secondary N) is 1. The summed E-state index contributed by atoms with van der Waals surface area (Å²) in [6.07, 6.45) is 5.41. The third kappa shape index (κ3) is 5.70. The molecule has 9 heteroatoms. The molecule has 1 fully saturated rings. The summed E-state index contributed by atoms with van der Waals surface area (Å²) < 4.78 is 48.3. The highest BCUT2D eigenvalue weighted by atomic mass is 79.9. The van der Waals surface area contributed by atoms with Gasteiger partial charge in [0.1, 0.15) is 0 Å². The first-order valence-electron chi connectivity index (χ1n) is 13.0. The molecule has 0 aromatic heterocycles. The number of hydrogen-bond donors (Lipinski definition) is 2. The molecular weight excluding hydrogens is 559 g/mol. The predicted octanol–water partition coefficient (Wildman–Crippen LogP) is 6.33. The second-order valence-corrected chi connectivity index (χ2v) is 11.1. The Labute approximate surface area is 229 Å². The molecule has 5 atom stereocenters. The molecule has 3 N–H and O–H groups in total. The van der Waals surface area contributed by atoms with Crippen LogP contribution in [0.4, 0.5) is 18.9 Å². The van der Waals surface area contributed by atoms with E-state index in [1.807, 2.05) is 24.3 Å². The summed E-state index contributed by atoms with van der Waals surface area (Å²) in [4.78, 5) is 15.0. The standard InChI is InChI=1S/C29H31BrF3N3O2/c30-21-9-6-19(7-10-21)28(37)36(15-14-34)17-22-11-12-23-26(18-4-2-1-3-5-18)35-25-13-8-20(29(31,32)33)16-24(25)27(23)38-22/h1-4,6-10,13,16,18,22-23,26-27,35H,5,11-12,14-15,17,34H2/t18?,22-,23+,26+,27+/m1/s1. The first-order chi connectivity index (χ1) is 18.2. The molecular formula is C29H31BrF3N3O2. The minimum Gasteiger partial charge on any atom is -0.381 e. The largest absolute Gasteiger partial charge is 0.416 e. The molecule has 2 aromatic carbocycles. The number of nitrogens with two attached hydrogens (primary N) is 1. The van der Waals surface area contributed by atoms with E-state index in [9.17, 15) is 18.0 Å². The van der Waals surface area contributed by atoms with Gasteiger partial charge in [-0.15, -0.1) is 0 Å². The number of hydrogen-bond acceptors (Lipinski definition) is 4. The van der Waals surface area contributed by atoms with Crippen LogP contribution in [0.25, 0.3) is 0 Å². The van der Waals surface area contributed by atoms with E-state index in [1.54, 1.807) is 17.0 Å². The second kappa shape index (κ2) is 11.2. The SMILES string of the molecule is NCCN(C[C@H]1CC[C@@H]2[C@H](O1)c1cc(C(F)(F)F)ccc1N[C@H]2C1C=CC=CC1)C(=O)c1ccc(Br)cc1. The lowest BCUT2D eigenvalue weighted by molar-refractivity contribution is -0.138. The van der Waals surface area contributed by atoms with Crippen LogP contribution in [0.5, 0.6) is 0 Å². The molecule has 5 nitrogen and oxygen atoms in total. The van der Waals surface area contributed by atoms with Crippen LogP contribution in [-0.4, -0.2) is 42.6 Å². The van der Waals surface area contributed by atoms with Crippen molar-refractivity contribution in [1.82, 2.24) is 4.90 Å². The molecule has 0 radical (unpaired) electrons. The van der Waals surface area contributed by atoms with Gasteiger partial charge in [0, 0.05) is 58.8 Å². The zero-order chi connectivity index (χ0) is 26.9. The third-order valence-corrected chi connectivity index (χ3v) is 8.22. The van der Waals surface area contributed by atoms with Gasteiger partial charge in [-0.05, 0) is 61.7 Å². The van der Waals surface area contributed by atoms with Crippen molar-refractivity contribution in [2.45, 2.75) is 43.7 Å². The van der Waals surface area contributed by atoms with E-state index < -0.39 is 17.8 Å². The smallest absolute Gasteiger partial charge is 0.381 e. The van der Waals surface area contributed by atoms with Crippen LogP contribution in [0.1, 0.15) is 46.9 Å². The highest BCUT2D eigenvalue weighted by molar-refractivity contribution is 9.10. The van der Waals surface area contributed by atoms with Crippen LogP contribution in [0.2, 0.25) is 0 Å². The Bertz CT molecular complexity index is 1210. The van der Waals surface area contributed by atoms with Crippen molar-refractivity contribution in [3.63, 3.8) is 0 Å². The van der Waals surface area contributed by atoms with Crippen molar-refractivity contribution < 1.29 is 22.7 Å². The highest BCUT2D eigenvalue weighted by Crippen LogP contribution is 2.49. The van der Waals surface area contributed by atoms with Crippen molar-refractivity contribution in [3.8, 4) is 0 Å². The number of benzene rings is 2. The molecule has 1 unspecified atom stereocenters. The summed E-state index contributed by atoms with van der Waals surface area (Å²) in [5.41, 5.74) is 6.91. The maximum atomic E-state index is 13.6. The van der Waals surface area contributed by atoms with Gasteiger partial charge in [0.25, 0.3) is 5.91 Å². The summed E-state index contributed by atoms with van der Waals surface area (Å²) in [5.74, 6) is 0.0834. The Morgan fingerprint density at radius 2 is 1.92 bits per heavy atom. The van der Waals surface area contributed by atoms with E-state index in [1.165, 1.54) is 12.1 Å². The number of halogens is 4. The number of nitrogens with zero attached hydrogens (tertiary/aromatic N) is 1. The van der Waals surface area contributed by atoms with Gasteiger partial charge < -0.3 is 20.7 Å².